The molecule has 0 saturated heterocycles. The molecule has 1 aliphatic rings. The highest BCUT2D eigenvalue weighted by molar-refractivity contribution is 14.1. The van der Waals surface area contributed by atoms with Crippen LogP contribution in [0.15, 0.2) is 24.3 Å². The maximum Gasteiger partial charge on any atom is 0.319 e. The van der Waals surface area contributed by atoms with Gasteiger partial charge in [-0.25, -0.2) is 4.79 Å². The standard InChI is InChI=1S/C12H13IN2O3/c13-8-1-3-9(4-2-8)15-11(18)14-7-12(5-6-12)10(16)17/h1-4H,5-7H2,(H,16,17)(H2,14,15,18). The summed E-state index contributed by atoms with van der Waals surface area (Å²) in [6, 6.07) is 6.99. The van der Waals surface area contributed by atoms with Crippen LogP contribution in [0.2, 0.25) is 0 Å². The molecule has 0 atom stereocenters. The average Bonchev–Trinajstić information content (AvgIpc) is 3.11. The number of rotatable bonds is 4. The molecule has 0 aromatic heterocycles. The lowest BCUT2D eigenvalue weighted by Crippen LogP contribution is -2.36. The fourth-order valence-corrected chi connectivity index (χ4v) is 1.93. The van der Waals surface area contributed by atoms with Crippen molar-refractivity contribution >= 4 is 40.3 Å². The third kappa shape index (κ3) is 3.12. The minimum absolute atomic E-state index is 0.179. The van der Waals surface area contributed by atoms with Gasteiger partial charge in [0.25, 0.3) is 0 Å². The molecule has 1 aromatic rings. The molecule has 0 radical (unpaired) electrons. The fraction of sp³-hybridized carbons (Fsp3) is 0.333. The predicted molar refractivity (Wildman–Crippen MR) is 75.5 cm³/mol. The predicted octanol–water partition coefficient (Wildman–Crippen LogP) is 2.28. The molecule has 0 bridgehead atoms. The molecule has 0 aliphatic heterocycles. The van der Waals surface area contributed by atoms with Crippen LogP contribution >= 0.6 is 22.6 Å². The van der Waals surface area contributed by atoms with Crippen LogP contribution in [-0.4, -0.2) is 23.7 Å². The van der Waals surface area contributed by atoms with Gasteiger partial charge in [0.05, 0.1) is 5.41 Å². The summed E-state index contributed by atoms with van der Waals surface area (Å²) in [7, 11) is 0. The van der Waals surface area contributed by atoms with Crippen molar-refractivity contribution in [2.45, 2.75) is 12.8 Å². The molecule has 96 valence electrons. The third-order valence-corrected chi connectivity index (χ3v) is 3.72. The zero-order valence-corrected chi connectivity index (χ0v) is 11.7. The van der Waals surface area contributed by atoms with E-state index >= 15 is 0 Å². The van der Waals surface area contributed by atoms with Crippen molar-refractivity contribution in [3.05, 3.63) is 27.8 Å². The highest BCUT2D eigenvalue weighted by Crippen LogP contribution is 2.45. The van der Waals surface area contributed by atoms with Gasteiger partial charge >= 0.3 is 12.0 Å². The Hall–Kier alpha value is -1.31. The Morgan fingerprint density at radius 2 is 1.89 bits per heavy atom. The molecule has 2 amide bonds. The number of benzene rings is 1. The lowest BCUT2D eigenvalue weighted by Gasteiger charge is -2.12. The summed E-state index contributed by atoms with van der Waals surface area (Å²) in [5, 5.41) is 14.2. The first kappa shape index (κ1) is 13.1. The van der Waals surface area contributed by atoms with Crippen molar-refractivity contribution in [1.82, 2.24) is 5.32 Å². The third-order valence-electron chi connectivity index (χ3n) is 3.00. The molecule has 2 rings (SSSR count). The van der Waals surface area contributed by atoms with E-state index in [-0.39, 0.29) is 12.6 Å². The van der Waals surface area contributed by atoms with Crippen molar-refractivity contribution in [2.75, 3.05) is 11.9 Å². The Kier molecular flexibility index (Phi) is 3.74. The molecule has 1 aromatic carbocycles. The lowest BCUT2D eigenvalue weighted by molar-refractivity contribution is -0.143. The van der Waals surface area contributed by atoms with Gasteiger partial charge in [-0.05, 0) is 59.7 Å². The zero-order chi connectivity index (χ0) is 13.2. The van der Waals surface area contributed by atoms with E-state index in [1.807, 2.05) is 12.1 Å². The SMILES string of the molecule is O=C(NCC1(C(=O)O)CC1)Nc1ccc(I)cc1. The van der Waals surface area contributed by atoms with Crippen LogP contribution in [0.3, 0.4) is 0 Å². The van der Waals surface area contributed by atoms with Crippen molar-refractivity contribution < 1.29 is 14.7 Å². The van der Waals surface area contributed by atoms with Gasteiger partial charge in [-0.2, -0.15) is 0 Å². The van der Waals surface area contributed by atoms with E-state index in [9.17, 15) is 9.59 Å². The summed E-state index contributed by atoms with van der Waals surface area (Å²) in [6.07, 6.45) is 1.26. The van der Waals surface area contributed by atoms with Gasteiger partial charge in [0.2, 0.25) is 0 Å². The molecule has 1 aliphatic carbocycles. The van der Waals surface area contributed by atoms with Gasteiger partial charge in [0.1, 0.15) is 0 Å². The van der Waals surface area contributed by atoms with Gasteiger partial charge in [0, 0.05) is 15.8 Å². The van der Waals surface area contributed by atoms with Gasteiger partial charge in [-0.1, -0.05) is 0 Å². The Labute approximate surface area is 118 Å². The second-order valence-electron chi connectivity index (χ2n) is 4.40. The normalized spacial score (nSPS) is 15.8. The van der Waals surface area contributed by atoms with Crippen LogP contribution in [0, 0.1) is 8.99 Å². The lowest BCUT2D eigenvalue weighted by atomic mass is 10.1. The smallest absolute Gasteiger partial charge is 0.319 e. The van der Waals surface area contributed by atoms with Crippen molar-refractivity contribution in [1.29, 1.82) is 0 Å². The Morgan fingerprint density at radius 3 is 2.39 bits per heavy atom. The largest absolute Gasteiger partial charge is 0.481 e. The van der Waals surface area contributed by atoms with Crippen molar-refractivity contribution in [2.24, 2.45) is 5.41 Å². The molecule has 0 heterocycles. The first-order valence-electron chi connectivity index (χ1n) is 5.56. The quantitative estimate of drug-likeness (QED) is 0.721. The van der Waals surface area contributed by atoms with Crippen LogP contribution in [0.4, 0.5) is 10.5 Å². The van der Waals surface area contributed by atoms with Gasteiger partial charge in [-0.3, -0.25) is 4.79 Å². The zero-order valence-electron chi connectivity index (χ0n) is 9.57. The maximum absolute atomic E-state index is 11.6. The van der Waals surface area contributed by atoms with E-state index in [4.69, 9.17) is 5.11 Å². The number of nitrogens with one attached hydrogen (secondary N) is 2. The fourth-order valence-electron chi connectivity index (χ4n) is 1.58. The Balaban J connectivity index is 1.82. The van der Waals surface area contributed by atoms with Crippen LogP contribution in [-0.2, 0) is 4.79 Å². The van der Waals surface area contributed by atoms with Crippen molar-refractivity contribution in [3.63, 3.8) is 0 Å². The van der Waals surface area contributed by atoms with Crippen LogP contribution in [0.1, 0.15) is 12.8 Å². The molecule has 5 nitrogen and oxygen atoms in total. The highest BCUT2D eigenvalue weighted by Gasteiger charge is 2.50. The molecule has 3 N–H and O–H groups in total. The molecule has 6 heteroatoms. The average molecular weight is 360 g/mol. The van der Waals surface area contributed by atoms with Crippen LogP contribution in [0.25, 0.3) is 0 Å². The monoisotopic (exact) mass is 360 g/mol. The summed E-state index contributed by atoms with van der Waals surface area (Å²) >= 11 is 2.18. The number of carboxylic acid groups (broad SMARTS) is 1. The maximum atomic E-state index is 11.6. The number of carboxylic acids is 1. The topological polar surface area (TPSA) is 78.4 Å². The number of urea groups is 1. The van der Waals surface area contributed by atoms with Gasteiger partial charge in [-0.15, -0.1) is 0 Å². The van der Waals surface area contributed by atoms with Crippen LogP contribution < -0.4 is 10.6 Å². The number of carbonyl (C=O) groups is 2. The minimum Gasteiger partial charge on any atom is -0.481 e. The Bertz CT molecular complexity index is 469. The highest BCUT2D eigenvalue weighted by atomic mass is 127. The number of halogens is 1. The molecule has 0 spiro atoms. The van der Waals surface area contributed by atoms with E-state index in [0.717, 1.165) is 3.57 Å². The van der Waals surface area contributed by atoms with E-state index in [1.54, 1.807) is 12.1 Å². The number of hydrogen-bond acceptors (Lipinski definition) is 2. The number of anilines is 1. The molecule has 1 saturated carbocycles. The second-order valence-corrected chi connectivity index (χ2v) is 5.65. The van der Waals surface area contributed by atoms with E-state index in [2.05, 4.69) is 33.2 Å². The summed E-state index contributed by atoms with van der Waals surface area (Å²) < 4.78 is 1.08. The molecule has 18 heavy (non-hydrogen) atoms. The van der Waals surface area contributed by atoms with Gasteiger partial charge in [0.15, 0.2) is 0 Å². The number of aliphatic carboxylic acids is 1. The number of hydrogen-bond donors (Lipinski definition) is 3. The van der Waals surface area contributed by atoms with Crippen molar-refractivity contribution in [3.8, 4) is 0 Å². The summed E-state index contributed by atoms with van der Waals surface area (Å²) in [5.74, 6) is -0.836. The Morgan fingerprint density at radius 1 is 1.28 bits per heavy atom. The molecular weight excluding hydrogens is 347 g/mol. The number of amides is 2. The second kappa shape index (κ2) is 5.13. The molecule has 1 fully saturated rings. The molecular formula is C12H13IN2O3. The van der Waals surface area contributed by atoms with E-state index < -0.39 is 11.4 Å². The van der Waals surface area contributed by atoms with E-state index in [0.29, 0.717) is 18.5 Å². The minimum atomic E-state index is -0.836. The van der Waals surface area contributed by atoms with E-state index in [1.165, 1.54) is 0 Å². The summed E-state index contributed by atoms with van der Waals surface area (Å²) in [6.45, 7) is 0.179. The molecule has 0 unspecified atom stereocenters. The summed E-state index contributed by atoms with van der Waals surface area (Å²) in [4.78, 5) is 22.5. The number of carbonyl (C=O) groups excluding carboxylic acids is 1. The summed E-state index contributed by atoms with van der Waals surface area (Å²) in [5.41, 5.74) is -0.0447. The first-order valence-corrected chi connectivity index (χ1v) is 6.64. The van der Waals surface area contributed by atoms with Crippen LogP contribution in [0.5, 0.6) is 0 Å². The first-order chi connectivity index (χ1) is 8.52. The van der Waals surface area contributed by atoms with Gasteiger partial charge < -0.3 is 15.7 Å².